The molecule has 0 spiro atoms. The summed E-state index contributed by atoms with van der Waals surface area (Å²) in [7, 11) is 0. The van der Waals surface area contributed by atoms with Gasteiger partial charge in [0.1, 0.15) is 0 Å². The summed E-state index contributed by atoms with van der Waals surface area (Å²) in [6, 6.07) is 0.421. The Bertz CT molecular complexity index is 202. The van der Waals surface area contributed by atoms with Crippen molar-refractivity contribution in [2.24, 2.45) is 0 Å². The highest BCUT2D eigenvalue weighted by atomic mass is 16.2. The van der Waals surface area contributed by atoms with Crippen molar-refractivity contribution >= 4 is 5.91 Å². The third-order valence-corrected chi connectivity index (χ3v) is 1.94. The van der Waals surface area contributed by atoms with Crippen LogP contribution in [0.5, 0.6) is 0 Å². The maximum atomic E-state index is 11.7. The van der Waals surface area contributed by atoms with E-state index in [0.29, 0.717) is 25.6 Å². The lowest BCUT2D eigenvalue weighted by Crippen LogP contribution is -2.34. The second kappa shape index (κ2) is 8.24. The lowest BCUT2D eigenvalue weighted by molar-refractivity contribution is -0.130. The SMILES string of the molecule is C=CCN(CC=C)C(=O)CCNC(C)C. The first-order valence-corrected chi connectivity index (χ1v) is 5.34. The van der Waals surface area contributed by atoms with Crippen LogP contribution in [0.4, 0.5) is 0 Å². The molecule has 15 heavy (non-hydrogen) atoms. The molecule has 0 rings (SSSR count). The van der Waals surface area contributed by atoms with Crippen molar-refractivity contribution in [3.05, 3.63) is 25.3 Å². The molecular weight excluding hydrogens is 188 g/mol. The number of carbonyl (C=O) groups is 1. The first-order chi connectivity index (χ1) is 7.11. The third kappa shape index (κ3) is 6.91. The van der Waals surface area contributed by atoms with Gasteiger partial charge in [0, 0.05) is 32.1 Å². The van der Waals surface area contributed by atoms with Gasteiger partial charge >= 0.3 is 0 Å². The number of hydrogen-bond donors (Lipinski definition) is 1. The van der Waals surface area contributed by atoms with Gasteiger partial charge in [0.25, 0.3) is 0 Å². The average molecular weight is 210 g/mol. The molecule has 0 radical (unpaired) electrons. The van der Waals surface area contributed by atoms with Crippen LogP contribution in [0.3, 0.4) is 0 Å². The first kappa shape index (κ1) is 13.9. The van der Waals surface area contributed by atoms with Crippen LogP contribution in [0.25, 0.3) is 0 Å². The van der Waals surface area contributed by atoms with E-state index < -0.39 is 0 Å². The van der Waals surface area contributed by atoms with Gasteiger partial charge in [0.2, 0.25) is 5.91 Å². The van der Waals surface area contributed by atoms with Gasteiger partial charge in [-0.25, -0.2) is 0 Å². The Morgan fingerprint density at radius 2 is 1.87 bits per heavy atom. The fourth-order valence-electron chi connectivity index (χ4n) is 1.22. The summed E-state index contributed by atoms with van der Waals surface area (Å²) in [5, 5.41) is 3.22. The molecule has 0 aromatic rings. The predicted octanol–water partition coefficient (Wildman–Crippen LogP) is 1.58. The summed E-state index contributed by atoms with van der Waals surface area (Å²) in [6.07, 6.45) is 3.99. The van der Waals surface area contributed by atoms with Crippen molar-refractivity contribution in [3.63, 3.8) is 0 Å². The molecule has 0 heterocycles. The van der Waals surface area contributed by atoms with Gasteiger partial charge in [-0.15, -0.1) is 13.2 Å². The van der Waals surface area contributed by atoms with E-state index in [1.807, 2.05) is 0 Å². The van der Waals surface area contributed by atoms with Crippen LogP contribution in [-0.4, -0.2) is 36.5 Å². The molecule has 1 N–H and O–H groups in total. The highest BCUT2D eigenvalue weighted by Crippen LogP contribution is 1.95. The maximum absolute atomic E-state index is 11.7. The quantitative estimate of drug-likeness (QED) is 0.617. The molecule has 0 aromatic heterocycles. The van der Waals surface area contributed by atoms with Gasteiger partial charge < -0.3 is 10.2 Å². The largest absolute Gasteiger partial charge is 0.335 e. The minimum absolute atomic E-state index is 0.142. The Morgan fingerprint density at radius 3 is 2.27 bits per heavy atom. The number of amides is 1. The number of rotatable bonds is 8. The minimum Gasteiger partial charge on any atom is -0.335 e. The van der Waals surface area contributed by atoms with Crippen molar-refractivity contribution in [2.45, 2.75) is 26.3 Å². The van der Waals surface area contributed by atoms with Crippen LogP contribution in [0.1, 0.15) is 20.3 Å². The van der Waals surface area contributed by atoms with Gasteiger partial charge in [-0.2, -0.15) is 0 Å². The monoisotopic (exact) mass is 210 g/mol. The van der Waals surface area contributed by atoms with Gasteiger partial charge in [0.15, 0.2) is 0 Å². The summed E-state index contributed by atoms with van der Waals surface area (Å²) in [6.45, 7) is 13.3. The second-order valence-corrected chi connectivity index (χ2v) is 3.73. The number of carbonyl (C=O) groups excluding carboxylic acids is 1. The molecule has 0 bridgehead atoms. The van der Waals surface area contributed by atoms with E-state index in [-0.39, 0.29) is 5.91 Å². The molecule has 0 aliphatic carbocycles. The molecule has 0 saturated carbocycles. The third-order valence-electron chi connectivity index (χ3n) is 1.94. The number of nitrogens with one attached hydrogen (secondary N) is 1. The van der Waals surface area contributed by atoms with Crippen molar-refractivity contribution < 1.29 is 4.79 Å². The first-order valence-electron chi connectivity index (χ1n) is 5.34. The summed E-state index contributed by atoms with van der Waals surface area (Å²) in [5.41, 5.74) is 0. The van der Waals surface area contributed by atoms with Gasteiger partial charge in [-0.3, -0.25) is 4.79 Å². The molecule has 86 valence electrons. The van der Waals surface area contributed by atoms with Crippen LogP contribution >= 0.6 is 0 Å². The highest BCUT2D eigenvalue weighted by molar-refractivity contribution is 5.76. The van der Waals surface area contributed by atoms with E-state index in [0.717, 1.165) is 6.54 Å². The Morgan fingerprint density at radius 1 is 1.33 bits per heavy atom. The second-order valence-electron chi connectivity index (χ2n) is 3.73. The molecule has 1 amide bonds. The summed E-state index contributed by atoms with van der Waals surface area (Å²) < 4.78 is 0. The average Bonchev–Trinajstić information content (AvgIpc) is 2.16. The van der Waals surface area contributed by atoms with Crippen molar-refractivity contribution in [1.82, 2.24) is 10.2 Å². The Hall–Kier alpha value is -1.09. The Balaban J connectivity index is 3.90. The molecule has 0 aromatic carbocycles. The lowest BCUT2D eigenvalue weighted by Gasteiger charge is -2.19. The highest BCUT2D eigenvalue weighted by Gasteiger charge is 2.09. The van der Waals surface area contributed by atoms with Crippen molar-refractivity contribution in [3.8, 4) is 0 Å². The van der Waals surface area contributed by atoms with Crippen molar-refractivity contribution in [1.29, 1.82) is 0 Å². The molecule has 0 atom stereocenters. The zero-order valence-electron chi connectivity index (χ0n) is 9.83. The fraction of sp³-hybridized carbons (Fsp3) is 0.583. The molecule has 3 nitrogen and oxygen atoms in total. The molecule has 0 aliphatic heterocycles. The Kier molecular flexibility index (Phi) is 7.64. The van der Waals surface area contributed by atoms with E-state index in [2.05, 4.69) is 32.3 Å². The van der Waals surface area contributed by atoms with E-state index in [9.17, 15) is 4.79 Å². The molecule has 3 heteroatoms. The van der Waals surface area contributed by atoms with Crippen LogP contribution in [0.2, 0.25) is 0 Å². The molecule has 0 saturated heterocycles. The zero-order chi connectivity index (χ0) is 11.7. The van der Waals surface area contributed by atoms with E-state index >= 15 is 0 Å². The van der Waals surface area contributed by atoms with Gasteiger partial charge in [0.05, 0.1) is 0 Å². The van der Waals surface area contributed by atoms with Gasteiger partial charge in [-0.1, -0.05) is 26.0 Å². The normalized spacial score (nSPS) is 10.1. The van der Waals surface area contributed by atoms with Gasteiger partial charge in [-0.05, 0) is 0 Å². The summed E-state index contributed by atoms with van der Waals surface area (Å²) >= 11 is 0. The number of hydrogen-bond acceptors (Lipinski definition) is 2. The standard InChI is InChI=1S/C12H22N2O/c1-5-9-14(10-6-2)12(15)7-8-13-11(3)4/h5-6,11,13H,1-2,7-10H2,3-4H3. The molecule has 0 unspecified atom stereocenters. The molecule has 0 fully saturated rings. The molecule has 0 aliphatic rings. The van der Waals surface area contributed by atoms with E-state index in [1.54, 1.807) is 17.1 Å². The van der Waals surface area contributed by atoms with Crippen molar-refractivity contribution in [2.75, 3.05) is 19.6 Å². The zero-order valence-corrected chi connectivity index (χ0v) is 9.83. The lowest BCUT2D eigenvalue weighted by atomic mass is 10.3. The van der Waals surface area contributed by atoms with Crippen LogP contribution in [0, 0.1) is 0 Å². The van der Waals surface area contributed by atoms with Crippen LogP contribution in [-0.2, 0) is 4.79 Å². The minimum atomic E-state index is 0.142. The Labute approximate surface area is 92.8 Å². The smallest absolute Gasteiger partial charge is 0.224 e. The summed E-state index contributed by atoms with van der Waals surface area (Å²) in [5.74, 6) is 0.142. The number of nitrogens with zero attached hydrogens (tertiary/aromatic N) is 1. The van der Waals surface area contributed by atoms with Crippen LogP contribution in [0.15, 0.2) is 25.3 Å². The van der Waals surface area contributed by atoms with Crippen LogP contribution < -0.4 is 5.32 Å². The van der Waals surface area contributed by atoms with E-state index in [1.165, 1.54) is 0 Å². The topological polar surface area (TPSA) is 32.3 Å². The molecular formula is C12H22N2O. The maximum Gasteiger partial charge on any atom is 0.224 e. The fourth-order valence-corrected chi connectivity index (χ4v) is 1.22. The predicted molar refractivity (Wildman–Crippen MR) is 64.7 cm³/mol. The summed E-state index contributed by atoms with van der Waals surface area (Å²) in [4.78, 5) is 13.4. The van der Waals surface area contributed by atoms with E-state index in [4.69, 9.17) is 0 Å².